The van der Waals surface area contributed by atoms with Gasteiger partial charge < -0.3 is 9.47 Å². The van der Waals surface area contributed by atoms with Crippen LogP contribution in [0.25, 0.3) is 0 Å². The second-order valence-electron chi connectivity index (χ2n) is 8.73. The van der Waals surface area contributed by atoms with E-state index in [0.29, 0.717) is 30.9 Å². The Morgan fingerprint density at radius 1 is 1.11 bits per heavy atom. The lowest BCUT2D eigenvalue weighted by Crippen LogP contribution is -2.43. The third-order valence-electron chi connectivity index (χ3n) is 5.36. The average Bonchev–Trinajstić information content (AvgIpc) is 3.02. The van der Waals surface area contributed by atoms with Crippen molar-refractivity contribution in [3.05, 3.63) is 35.4 Å². The number of esters is 2. The van der Waals surface area contributed by atoms with Crippen molar-refractivity contribution in [2.45, 2.75) is 72.8 Å². The van der Waals surface area contributed by atoms with Crippen LogP contribution in [0.4, 0.5) is 0 Å². The minimum atomic E-state index is -0.709. The summed E-state index contributed by atoms with van der Waals surface area (Å²) in [6.45, 7) is 10.7. The standard InChI is InChI=1S/C23H34O4/c1-16(2)12-14-23(22(25)26-15-17(3)4)13-6-7-20(23)27-21(24)19-10-8-18(5)9-11-19/h8-11,16-17,20H,6-7,12-15H2,1-5H3. The van der Waals surface area contributed by atoms with E-state index in [9.17, 15) is 9.59 Å². The highest BCUT2D eigenvalue weighted by molar-refractivity contribution is 5.90. The molecule has 0 heterocycles. The van der Waals surface area contributed by atoms with E-state index in [2.05, 4.69) is 13.8 Å². The predicted molar refractivity (Wildman–Crippen MR) is 107 cm³/mol. The van der Waals surface area contributed by atoms with Crippen molar-refractivity contribution in [2.24, 2.45) is 17.3 Å². The van der Waals surface area contributed by atoms with Crippen LogP contribution in [0.3, 0.4) is 0 Å². The first kappa shape index (κ1) is 21.5. The van der Waals surface area contributed by atoms with Gasteiger partial charge in [0.15, 0.2) is 0 Å². The van der Waals surface area contributed by atoms with E-state index in [4.69, 9.17) is 9.47 Å². The van der Waals surface area contributed by atoms with Gasteiger partial charge in [0.2, 0.25) is 0 Å². The number of hydrogen-bond acceptors (Lipinski definition) is 4. The van der Waals surface area contributed by atoms with E-state index in [-0.39, 0.29) is 17.9 Å². The van der Waals surface area contributed by atoms with Crippen LogP contribution in [0, 0.1) is 24.2 Å². The molecule has 0 spiro atoms. The maximum Gasteiger partial charge on any atom is 0.338 e. The van der Waals surface area contributed by atoms with Crippen LogP contribution < -0.4 is 0 Å². The first-order chi connectivity index (χ1) is 12.7. The fourth-order valence-electron chi connectivity index (χ4n) is 3.65. The molecule has 0 amide bonds. The molecule has 4 nitrogen and oxygen atoms in total. The molecule has 2 unspecified atom stereocenters. The van der Waals surface area contributed by atoms with Crippen molar-refractivity contribution >= 4 is 11.9 Å². The minimum absolute atomic E-state index is 0.198. The van der Waals surface area contributed by atoms with Gasteiger partial charge in [0.1, 0.15) is 11.5 Å². The van der Waals surface area contributed by atoms with Crippen LogP contribution in [0.2, 0.25) is 0 Å². The molecule has 1 aliphatic rings. The van der Waals surface area contributed by atoms with Gasteiger partial charge in [0.05, 0.1) is 12.2 Å². The molecule has 1 aliphatic carbocycles. The fraction of sp³-hybridized carbons (Fsp3) is 0.652. The number of ether oxygens (including phenoxy) is 2. The molecule has 27 heavy (non-hydrogen) atoms. The molecule has 1 fully saturated rings. The van der Waals surface area contributed by atoms with Gasteiger partial charge in [0.25, 0.3) is 0 Å². The average molecular weight is 375 g/mol. The van der Waals surface area contributed by atoms with E-state index in [1.165, 1.54) is 0 Å². The normalized spacial score (nSPS) is 22.3. The Labute approximate surface area is 163 Å². The lowest BCUT2D eigenvalue weighted by molar-refractivity contribution is -0.163. The van der Waals surface area contributed by atoms with Crippen LogP contribution in [-0.2, 0) is 14.3 Å². The van der Waals surface area contributed by atoms with Crippen LogP contribution in [0.15, 0.2) is 24.3 Å². The summed E-state index contributed by atoms with van der Waals surface area (Å²) >= 11 is 0. The zero-order chi connectivity index (χ0) is 20.0. The Morgan fingerprint density at radius 2 is 1.78 bits per heavy atom. The molecular formula is C23H34O4. The molecule has 1 saturated carbocycles. The molecule has 1 aromatic rings. The topological polar surface area (TPSA) is 52.6 Å². The summed E-state index contributed by atoms with van der Waals surface area (Å²) < 4.78 is 11.5. The Hall–Kier alpha value is -1.84. The molecule has 150 valence electrons. The number of carbonyl (C=O) groups is 2. The second kappa shape index (κ2) is 9.38. The van der Waals surface area contributed by atoms with Crippen molar-refractivity contribution in [1.82, 2.24) is 0 Å². The van der Waals surface area contributed by atoms with Crippen molar-refractivity contribution in [2.75, 3.05) is 6.61 Å². The van der Waals surface area contributed by atoms with E-state index in [1.807, 2.05) is 32.9 Å². The van der Waals surface area contributed by atoms with Crippen molar-refractivity contribution in [1.29, 1.82) is 0 Å². The van der Waals surface area contributed by atoms with Gasteiger partial charge in [-0.05, 0) is 63.0 Å². The van der Waals surface area contributed by atoms with Gasteiger partial charge in [-0.25, -0.2) is 4.79 Å². The summed E-state index contributed by atoms with van der Waals surface area (Å²) in [5, 5.41) is 0. The van der Waals surface area contributed by atoms with Gasteiger partial charge in [-0.1, -0.05) is 45.4 Å². The smallest absolute Gasteiger partial charge is 0.338 e. The molecule has 0 saturated heterocycles. The SMILES string of the molecule is Cc1ccc(C(=O)OC2CCCC2(CCC(C)C)C(=O)OCC(C)C)cc1. The molecule has 2 rings (SSSR count). The Kier molecular flexibility index (Phi) is 7.46. The van der Waals surface area contributed by atoms with Crippen LogP contribution in [0.1, 0.15) is 75.7 Å². The lowest BCUT2D eigenvalue weighted by atomic mass is 9.78. The van der Waals surface area contributed by atoms with Crippen molar-refractivity contribution < 1.29 is 19.1 Å². The molecule has 1 aromatic carbocycles. The summed E-state index contributed by atoms with van der Waals surface area (Å²) in [6.07, 6.45) is 3.52. The molecule has 0 aliphatic heterocycles. The maximum absolute atomic E-state index is 13.0. The maximum atomic E-state index is 13.0. The summed E-state index contributed by atoms with van der Waals surface area (Å²) in [6, 6.07) is 7.35. The number of benzene rings is 1. The largest absolute Gasteiger partial charge is 0.465 e. The summed E-state index contributed by atoms with van der Waals surface area (Å²) in [7, 11) is 0. The highest BCUT2D eigenvalue weighted by atomic mass is 16.6. The summed E-state index contributed by atoms with van der Waals surface area (Å²) in [5.41, 5.74) is 0.913. The molecule has 0 radical (unpaired) electrons. The zero-order valence-corrected chi connectivity index (χ0v) is 17.4. The fourth-order valence-corrected chi connectivity index (χ4v) is 3.65. The predicted octanol–water partition coefficient (Wildman–Crippen LogP) is 5.33. The van der Waals surface area contributed by atoms with E-state index in [1.54, 1.807) is 12.1 Å². The molecule has 0 bridgehead atoms. The Morgan fingerprint density at radius 3 is 2.37 bits per heavy atom. The molecule has 4 heteroatoms. The molecule has 0 N–H and O–H groups in total. The second-order valence-corrected chi connectivity index (χ2v) is 8.73. The highest BCUT2D eigenvalue weighted by Crippen LogP contribution is 2.46. The third kappa shape index (κ3) is 5.57. The van der Waals surface area contributed by atoms with Gasteiger partial charge in [-0.3, -0.25) is 4.79 Å². The van der Waals surface area contributed by atoms with Gasteiger partial charge in [-0.15, -0.1) is 0 Å². The van der Waals surface area contributed by atoms with Gasteiger partial charge in [0, 0.05) is 0 Å². The van der Waals surface area contributed by atoms with Crippen molar-refractivity contribution in [3.8, 4) is 0 Å². The molecule has 2 atom stereocenters. The monoisotopic (exact) mass is 374 g/mol. The molecule has 0 aromatic heterocycles. The summed E-state index contributed by atoms with van der Waals surface area (Å²) in [5.74, 6) is 0.212. The van der Waals surface area contributed by atoms with Crippen LogP contribution in [0.5, 0.6) is 0 Å². The van der Waals surface area contributed by atoms with Crippen LogP contribution >= 0.6 is 0 Å². The minimum Gasteiger partial charge on any atom is -0.465 e. The summed E-state index contributed by atoms with van der Waals surface area (Å²) in [4.78, 5) is 25.7. The van der Waals surface area contributed by atoms with E-state index in [0.717, 1.165) is 24.8 Å². The lowest BCUT2D eigenvalue weighted by Gasteiger charge is -2.33. The Bertz CT molecular complexity index is 632. The molecular weight excluding hydrogens is 340 g/mol. The van der Waals surface area contributed by atoms with Crippen LogP contribution in [-0.4, -0.2) is 24.6 Å². The van der Waals surface area contributed by atoms with E-state index >= 15 is 0 Å². The highest BCUT2D eigenvalue weighted by Gasteiger charge is 2.52. The first-order valence-electron chi connectivity index (χ1n) is 10.2. The van der Waals surface area contributed by atoms with E-state index < -0.39 is 11.5 Å². The quantitative estimate of drug-likeness (QED) is 0.577. The zero-order valence-electron chi connectivity index (χ0n) is 17.4. The van der Waals surface area contributed by atoms with Gasteiger partial charge in [-0.2, -0.15) is 0 Å². The number of aryl methyl sites for hydroxylation is 1. The first-order valence-corrected chi connectivity index (χ1v) is 10.2. The number of rotatable bonds is 8. The van der Waals surface area contributed by atoms with Crippen molar-refractivity contribution in [3.63, 3.8) is 0 Å². The third-order valence-corrected chi connectivity index (χ3v) is 5.36. The number of carbonyl (C=O) groups excluding carboxylic acids is 2. The van der Waals surface area contributed by atoms with Gasteiger partial charge >= 0.3 is 11.9 Å². The number of hydrogen-bond donors (Lipinski definition) is 0. The Balaban J connectivity index is 2.18.